The minimum atomic E-state index is 0.181. The van der Waals surface area contributed by atoms with E-state index in [1.54, 1.807) is 0 Å². The predicted octanol–water partition coefficient (Wildman–Crippen LogP) is 2.66. The molecular formula is C15H23ClN2O. The number of nitrogens with zero attached hydrogens (tertiary/aromatic N) is 1. The quantitative estimate of drug-likeness (QED) is 0.872. The molecule has 1 aromatic carbocycles. The number of para-hydroxylation sites is 1. The molecule has 0 spiro atoms. The summed E-state index contributed by atoms with van der Waals surface area (Å²) in [6, 6.07) is 6.22. The van der Waals surface area contributed by atoms with Gasteiger partial charge in [-0.1, -0.05) is 37.6 Å². The normalized spacial score (nSPS) is 23.1. The van der Waals surface area contributed by atoms with Crippen LogP contribution >= 0.6 is 11.6 Å². The summed E-state index contributed by atoms with van der Waals surface area (Å²) >= 11 is 6.41. The van der Waals surface area contributed by atoms with E-state index < -0.39 is 0 Å². The van der Waals surface area contributed by atoms with E-state index >= 15 is 0 Å². The van der Waals surface area contributed by atoms with Gasteiger partial charge in [-0.3, -0.25) is 0 Å². The van der Waals surface area contributed by atoms with E-state index in [0.717, 1.165) is 36.8 Å². The van der Waals surface area contributed by atoms with Crippen LogP contribution < -0.4 is 10.2 Å². The number of aliphatic hydroxyl groups is 1. The third-order valence-corrected chi connectivity index (χ3v) is 4.30. The van der Waals surface area contributed by atoms with Gasteiger partial charge in [-0.25, -0.2) is 0 Å². The molecule has 1 fully saturated rings. The molecule has 3 nitrogen and oxygen atoms in total. The largest absolute Gasteiger partial charge is 0.394 e. The van der Waals surface area contributed by atoms with Gasteiger partial charge in [0.1, 0.15) is 0 Å². The van der Waals surface area contributed by atoms with E-state index in [2.05, 4.69) is 30.1 Å². The molecule has 0 saturated carbocycles. The summed E-state index contributed by atoms with van der Waals surface area (Å²) in [4.78, 5) is 2.28. The topological polar surface area (TPSA) is 35.5 Å². The zero-order chi connectivity index (χ0) is 13.8. The molecule has 106 valence electrons. The van der Waals surface area contributed by atoms with Crippen LogP contribution in [0.3, 0.4) is 0 Å². The number of halogens is 1. The van der Waals surface area contributed by atoms with Crippen LogP contribution in [0.1, 0.15) is 25.8 Å². The highest BCUT2D eigenvalue weighted by Gasteiger charge is 2.32. The summed E-state index contributed by atoms with van der Waals surface area (Å²) < 4.78 is 0. The first-order valence-electron chi connectivity index (χ1n) is 7.04. The van der Waals surface area contributed by atoms with Crippen LogP contribution in [0.25, 0.3) is 0 Å². The molecule has 4 heteroatoms. The van der Waals surface area contributed by atoms with Crippen molar-refractivity contribution >= 4 is 17.3 Å². The van der Waals surface area contributed by atoms with Crippen molar-refractivity contribution in [3.05, 3.63) is 28.8 Å². The fourth-order valence-corrected chi connectivity index (χ4v) is 3.15. The Morgan fingerprint density at radius 1 is 1.47 bits per heavy atom. The Morgan fingerprint density at radius 3 is 2.95 bits per heavy atom. The van der Waals surface area contributed by atoms with Gasteiger partial charge in [0, 0.05) is 13.1 Å². The van der Waals surface area contributed by atoms with Gasteiger partial charge in [0.15, 0.2) is 0 Å². The SMILES string of the molecule is CCNCc1cccc(Cl)c1N1CCC(C)C1CO. The average Bonchev–Trinajstić information content (AvgIpc) is 2.77. The molecule has 2 atom stereocenters. The second-order valence-electron chi connectivity index (χ2n) is 5.24. The maximum atomic E-state index is 9.63. The minimum Gasteiger partial charge on any atom is -0.394 e. The van der Waals surface area contributed by atoms with Crippen LogP contribution in [-0.2, 0) is 6.54 Å². The van der Waals surface area contributed by atoms with Gasteiger partial charge in [-0.15, -0.1) is 0 Å². The van der Waals surface area contributed by atoms with Crippen LogP contribution in [0.15, 0.2) is 18.2 Å². The maximum Gasteiger partial charge on any atom is 0.0643 e. The number of nitrogens with one attached hydrogen (secondary N) is 1. The highest BCUT2D eigenvalue weighted by molar-refractivity contribution is 6.33. The van der Waals surface area contributed by atoms with Crippen LogP contribution in [0.5, 0.6) is 0 Å². The third kappa shape index (κ3) is 3.04. The molecule has 2 N–H and O–H groups in total. The molecular weight excluding hydrogens is 260 g/mol. The zero-order valence-corrected chi connectivity index (χ0v) is 12.5. The van der Waals surface area contributed by atoms with E-state index in [0.29, 0.717) is 5.92 Å². The number of hydrogen-bond donors (Lipinski definition) is 2. The van der Waals surface area contributed by atoms with Gasteiger partial charge in [-0.2, -0.15) is 0 Å². The van der Waals surface area contributed by atoms with Crippen LogP contribution in [-0.4, -0.2) is 30.8 Å². The number of aliphatic hydroxyl groups excluding tert-OH is 1. The minimum absolute atomic E-state index is 0.181. The Kier molecular flexibility index (Phi) is 5.08. The van der Waals surface area contributed by atoms with Crippen molar-refractivity contribution in [2.45, 2.75) is 32.9 Å². The first kappa shape index (κ1) is 14.6. The average molecular weight is 283 g/mol. The lowest BCUT2D eigenvalue weighted by molar-refractivity contribution is 0.244. The zero-order valence-electron chi connectivity index (χ0n) is 11.7. The van der Waals surface area contributed by atoms with Gasteiger partial charge in [0.25, 0.3) is 0 Å². The Bertz CT molecular complexity index is 425. The maximum absolute atomic E-state index is 9.63. The smallest absolute Gasteiger partial charge is 0.0643 e. The van der Waals surface area contributed by atoms with Crippen molar-refractivity contribution in [1.82, 2.24) is 5.32 Å². The standard InChI is InChI=1S/C15H23ClN2O/c1-3-17-9-12-5-4-6-13(16)15(12)18-8-7-11(2)14(18)10-19/h4-6,11,14,17,19H,3,7-10H2,1-2H3. The van der Waals surface area contributed by atoms with E-state index in [-0.39, 0.29) is 12.6 Å². The molecule has 1 aromatic rings. The molecule has 1 aliphatic rings. The Hall–Kier alpha value is -0.770. The highest BCUT2D eigenvalue weighted by Crippen LogP contribution is 2.36. The monoisotopic (exact) mass is 282 g/mol. The van der Waals surface area contributed by atoms with Gasteiger partial charge < -0.3 is 15.3 Å². The van der Waals surface area contributed by atoms with Crippen molar-refractivity contribution in [3.63, 3.8) is 0 Å². The van der Waals surface area contributed by atoms with Crippen LogP contribution in [0, 0.1) is 5.92 Å². The van der Waals surface area contributed by atoms with Crippen molar-refractivity contribution in [1.29, 1.82) is 0 Å². The van der Waals surface area contributed by atoms with Crippen LogP contribution in [0.4, 0.5) is 5.69 Å². The molecule has 0 amide bonds. The number of rotatable bonds is 5. The Labute approximate surface area is 120 Å². The van der Waals surface area contributed by atoms with Crippen molar-refractivity contribution in [2.75, 3.05) is 24.6 Å². The third-order valence-electron chi connectivity index (χ3n) is 3.99. The van der Waals surface area contributed by atoms with Crippen LogP contribution in [0.2, 0.25) is 5.02 Å². The second-order valence-corrected chi connectivity index (χ2v) is 5.64. The lowest BCUT2D eigenvalue weighted by atomic mass is 10.0. The lowest BCUT2D eigenvalue weighted by Crippen LogP contribution is -2.36. The molecule has 0 aliphatic carbocycles. The summed E-state index contributed by atoms with van der Waals surface area (Å²) in [6.45, 7) is 7.20. The van der Waals surface area contributed by atoms with Crippen molar-refractivity contribution < 1.29 is 5.11 Å². The fraction of sp³-hybridized carbons (Fsp3) is 0.600. The molecule has 2 unspecified atom stereocenters. The second kappa shape index (κ2) is 6.60. The summed E-state index contributed by atoms with van der Waals surface area (Å²) in [5, 5.41) is 13.8. The van der Waals surface area contributed by atoms with E-state index in [4.69, 9.17) is 11.6 Å². The highest BCUT2D eigenvalue weighted by atomic mass is 35.5. The van der Waals surface area contributed by atoms with E-state index in [9.17, 15) is 5.11 Å². The molecule has 2 rings (SSSR count). The molecule has 0 aromatic heterocycles. The lowest BCUT2D eigenvalue weighted by Gasteiger charge is -2.30. The Balaban J connectivity index is 2.32. The summed E-state index contributed by atoms with van der Waals surface area (Å²) in [7, 11) is 0. The van der Waals surface area contributed by atoms with E-state index in [1.807, 2.05) is 12.1 Å². The summed E-state index contributed by atoms with van der Waals surface area (Å²) in [5.41, 5.74) is 2.30. The molecule has 19 heavy (non-hydrogen) atoms. The van der Waals surface area contributed by atoms with Gasteiger partial charge in [0.05, 0.1) is 23.4 Å². The predicted molar refractivity (Wildman–Crippen MR) is 80.8 cm³/mol. The molecule has 1 aliphatic heterocycles. The summed E-state index contributed by atoms with van der Waals surface area (Å²) in [6.07, 6.45) is 1.11. The van der Waals surface area contributed by atoms with E-state index in [1.165, 1.54) is 5.56 Å². The molecule has 1 saturated heterocycles. The first-order chi connectivity index (χ1) is 9.19. The molecule has 1 heterocycles. The number of anilines is 1. The fourth-order valence-electron chi connectivity index (χ4n) is 2.85. The first-order valence-corrected chi connectivity index (χ1v) is 7.42. The Morgan fingerprint density at radius 2 is 2.26 bits per heavy atom. The van der Waals surface area contributed by atoms with Gasteiger partial charge >= 0.3 is 0 Å². The summed E-state index contributed by atoms with van der Waals surface area (Å²) in [5.74, 6) is 0.508. The molecule has 0 radical (unpaired) electrons. The van der Waals surface area contributed by atoms with Gasteiger partial charge in [0.2, 0.25) is 0 Å². The van der Waals surface area contributed by atoms with Crippen molar-refractivity contribution in [3.8, 4) is 0 Å². The molecule has 0 bridgehead atoms. The van der Waals surface area contributed by atoms with Crippen molar-refractivity contribution in [2.24, 2.45) is 5.92 Å². The van der Waals surface area contributed by atoms with Gasteiger partial charge in [-0.05, 0) is 30.5 Å². The number of hydrogen-bond acceptors (Lipinski definition) is 3. The number of benzene rings is 1.